The normalized spacial score (nSPS) is 14.0. The highest BCUT2D eigenvalue weighted by Gasteiger charge is 2.28. The van der Waals surface area contributed by atoms with E-state index in [1.54, 1.807) is 17.0 Å². The van der Waals surface area contributed by atoms with Crippen molar-refractivity contribution in [1.82, 2.24) is 14.7 Å². The highest BCUT2D eigenvalue weighted by molar-refractivity contribution is 5.69. The molecule has 29 heavy (non-hydrogen) atoms. The lowest BCUT2D eigenvalue weighted by Gasteiger charge is -2.26. The molecule has 0 spiro atoms. The van der Waals surface area contributed by atoms with Crippen molar-refractivity contribution in [1.29, 1.82) is 0 Å². The van der Waals surface area contributed by atoms with E-state index in [0.29, 0.717) is 25.9 Å². The summed E-state index contributed by atoms with van der Waals surface area (Å²) in [5.41, 5.74) is 3.61. The number of nitrogens with zero attached hydrogens (tertiary/aromatic N) is 3. The first-order chi connectivity index (χ1) is 13.7. The zero-order valence-electron chi connectivity index (χ0n) is 18.8. The Labute approximate surface area is 173 Å². The molecule has 2 aromatic rings. The van der Waals surface area contributed by atoms with Gasteiger partial charge in [0.25, 0.3) is 0 Å². The van der Waals surface area contributed by atoms with Crippen LogP contribution in [0.15, 0.2) is 24.3 Å². The van der Waals surface area contributed by atoms with Gasteiger partial charge < -0.3 is 9.64 Å². The Kier molecular flexibility index (Phi) is 7.44. The SMILES string of the molecule is CC.CC(C)n1nc2c(c1-c1ccc(F)cc1)CCN(C(=O)OC(C)(C)C)CC2. The van der Waals surface area contributed by atoms with Crippen molar-refractivity contribution in [2.24, 2.45) is 0 Å². The smallest absolute Gasteiger partial charge is 0.410 e. The number of hydrogen-bond donors (Lipinski definition) is 0. The Morgan fingerprint density at radius 3 is 2.24 bits per heavy atom. The van der Waals surface area contributed by atoms with Gasteiger partial charge in [0, 0.05) is 36.7 Å². The molecule has 1 aromatic heterocycles. The molecule has 5 nitrogen and oxygen atoms in total. The fourth-order valence-corrected chi connectivity index (χ4v) is 3.38. The molecule has 0 atom stereocenters. The van der Waals surface area contributed by atoms with Gasteiger partial charge in [-0.3, -0.25) is 4.68 Å². The molecule has 0 saturated heterocycles. The lowest BCUT2D eigenvalue weighted by Crippen LogP contribution is -2.38. The van der Waals surface area contributed by atoms with Crippen molar-refractivity contribution in [2.45, 2.75) is 73.0 Å². The van der Waals surface area contributed by atoms with Crippen LogP contribution < -0.4 is 0 Å². The number of hydrogen-bond acceptors (Lipinski definition) is 3. The molecule has 3 rings (SSSR count). The number of carbonyl (C=O) groups excluding carboxylic acids is 1. The van der Waals surface area contributed by atoms with Gasteiger partial charge in [-0.2, -0.15) is 5.10 Å². The molecule has 2 heterocycles. The monoisotopic (exact) mass is 403 g/mol. The van der Waals surface area contributed by atoms with Crippen molar-refractivity contribution in [3.63, 3.8) is 0 Å². The highest BCUT2D eigenvalue weighted by atomic mass is 19.1. The maximum absolute atomic E-state index is 13.4. The predicted octanol–water partition coefficient (Wildman–Crippen LogP) is 5.63. The largest absolute Gasteiger partial charge is 0.444 e. The van der Waals surface area contributed by atoms with E-state index in [4.69, 9.17) is 9.84 Å². The van der Waals surface area contributed by atoms with E-state index < -0.39 is 5.60 Å². The lowest BCUT2D eigenvalue weighted by atomic mass is 10.0. The van der Waals surface area contributed by atoms with Crippen molar-refractivity contribution < 1.29 is 13.9 Å². The first-order valence-electron chi connectivity index (χ1n) is 10.5. The third-order valence-corrected chi connectivity index (χ3v) is 4.60. The van der Waals surface area contributed by atoms with Crippen molar-refractivity contribution in [3.05, 3.63) is 41.3 Å². The van der Waals surface area contributed by atoms with Gasteiger partial charge >= 0.3 is 6.09 Å². The summed E-state index contributed by atoms with van der Waals surface area (Å²) in [7, 11) is 0. The fourth-order valence-electron chi connectivity index (χ4n) is 3.38. The number of carbonyl (C=O) groups is 1. The van der Waals surface area contributed by atoms with Gasteiger partial charge in [-0.1, -0.05) is 13.8 Å². The zero-order chi connectivity index (χ0) is 21.8. The minimum Gasteiger partial charge on any atom is -0.444 e. The van der Waals surface area contributed by atoms with E-state index in [9.17, 15) is 9.18 Å². The van der Waals surface area contributed by atoms with Crippen LogP contribution >= 0.6 is 0 Å². The first kappa shape index (κ1) is 22.9. The number of amides is 1. The Balaban J connectivity index is 0.00000145. The van der Waals surface area contributed by atoms with Crippen LogP contribution in [0.1, 0.15) is 65.8 Å². The molecule has 0 N–H and O–H groups in total. The van der Waals surface area contributed by atoms with Crippen molar-refractivity contribution >= 4 is 6.09 Å². The van der Waals surface area contributed by atoms with Crippen LogP contribution in [-0.4, -0.2) is 39.5 Å². The van der Waals surface area contributed by atoms with Crippen LogP contribution in [-0.2, 0) is 17.6 Å². The standard InChI is InChI=1S/C21H28FN3O2.C2H6/c1-14(2)25-19(15-6-8-16(22)9-7-15)17-10-12-24(13-11-18(17)23-25)20(26)27-21(3,4)5;1-2/h6-9,14H,10-13H2,1-5H3;1-2H3. The second kappa shape index (κ2) is 9.42. The zero-order valence-corrected chi connectivity index (χ0v) is 18.8. The van der Waals surface area contributed by atoms with E-state index in [-0.39, 0.29) is 18.0 Å². The summed E-state index contributed by atoms with van der Waals surface area (Å²) in [6, 6.07) is 6.73. The molecule has 0 unspecified atom stereocenters. The summed E-state index contributed by atoms with van der Waals surface area (Å²) in [4.78, 5) is 14.2. The molecule has 0 bridgehead atoms. The topological polar surface area (TPSA) is 47.4 Å². The highest BCUT2D eigenvalue weighted by Crippen LogP contribution is 2.31. The molecule has 0 radical (unpaired) electrons. The number of ether oxygens (including phenoxy) is 1. The minimum absolute atomic E-state index is 0.193. The minimum atomic E-state index is -0.510. The second-order valence-corrected chi connectivity index (χ2v) is 8.29. The van der Waals surface area contributed by atoms with Crippen LogP contribution in [0.4, 0.5) is 9.18 Å². The molecule has 0 fully saturated rings. The average molecular weight is 404 g/mol. The number of halogens is 1. The molecule has 1 aromatic carbocycles. The van der Waals surface area contributed by atoms with Gasteiger partial charge in [0.05, 0.1) is 11.4 Å². The van der Waals surface area contributed by atoms with Crippen LogP contribution in [0.5, 0.6) is 0 Å². The van der Waals surface area contributed by atoms with E-state index in [2.05, 4.69) is 13.8 Å². The molecular formula is C23H34FN3O2. The fraction of sp³-hybridized carbons (Fsp3) is 0.565. The number of benzene rings is 1. The van der Waals surface area contributed by atoms with Gasteiger partial charge in [-0.15, -0.1) is 0 Å². The van der Waals surface area contributed by atoms with Crippen LogP contribution in [0, 0.1) is 5.82 Å². The average Bonchev–Trinajstić information content (AvgIpc) is 2.88. The summed E-state index contributed by atoms with van der Waals surface area (Å²) in [6.07, 6.45) is 1.10. The Bertz CT molecular complexity index is 820. The van der Waals surface area contributed by atoms with E-state index >= 15 is 0 Å². The van der Waals surface area contributed by atoms with Crippen molar-refractivity contribution in [3.8, 4) is 11.3 Å². The van der Waals surface area contributed by atoms with Gasteiger partial charge in [0.15, 0.2) is 0 Å². The molecule has 1 amide bonds. The lowest BCUT2D eigenvalue weighted by molar-refractivity contribution is 0.0258. The maximum Gasteiger partial charge on any atom is 0.410 e. The van der Waals surface area contributed by atoms with Gasteiger partial charge in [0.1, 0.15) is 11.4 Å². The van der Waals surface area contributed by atoms with Crippen LogP contribution in [0.2, 0.25) is 0 Å². The van der Waals surface area contributed by atoms with Crippen LogP contribution in [0.3, 0.4) is 0 Å². The summed E-state index contributed by atoms with van der Waals surface area (Å²) in [5, 5.41) is 4.82. The summed E-state index contributed by atoms with van der Waals surface area (Å²) >= 11 is 0. The van der Waals surface area contributed by atoms with Gasteiger partial charge in [0.2, 0.25) is 0 Å². The predicted molar refractivity (Wildman–Crippen MR) is 115 cm³/mol. The molecule has 0 aliphatic carbocycles. The quantitative estimate of drug-likeness (QED) is 0.653. The molecule has 160 valence electrons. The summed E-state index contributed by atoms with van der Waals surface area (Å²) in [6.45, 7) is 15.0. The Morgan fingerprint density at radius 2 is 1.69 bits per heavy atom. The van der Waals surface area contributed by atoms with Crippen LogP contribution in [0.25, 0.3) is 11.3 Å². The number of aromatic nitrogens is 2. The molecule has 0 saturated carbocycles. The summed E-state index contributed by atoms with van der Waals surface area (Å²) < 4.78 is 20.9. The molecule has 6 heteroatoms. The number of fused-ring (bicyclic) bond motifs is 1. The first-order valence-corrected chi connectivity index (χ1v) is 10.5. The summed E-state index contributed by atoms with van der Waals surface area (Å²) in [5.74, 6) is -0.253. The maximum atomic E-state index is 13.4. The Morgan fingerprint density at radius 1 is 1.10 bits per heavy atom. The Hall–Kier alpha value is -2.37. The third kappa shape index (κ3) is 5.58. The van der Waals surface area contributed by atoms with E-state index in [1.165, 1.54) is 12.1 Å². The van der Waals surface area contributed by atoms with E-state index in [0.717, 1.165) is 22.5 Å². The van der Waals surface area contributed by atoms with Gasteiger partial charge in [-0.25, -0.2) is 9.18 Å². The molecule has 1 aliphatic heterocycles. The molecular weight excluding hydrogens is 369 g/mol. The van der Waals surface area contributed by atoms with Gasteiger partial charge in [-0.05, 0) is 65.3 Å². The van der Waals surface area contributed by atoms with Crippen molar-refractivity contribution in [2.75, 3.05) is 13.1 Å². The third-order valence-electron chi connectivity index (χ3n) is 4.60. The van der Waals surface area contributed by atoms with E-state index in [1.807, 2.05) is 39.3 Å². The number of rotatable bonds is 2. The second-order valence-electron chi connectivity index (χ2n) is 8.29. The molecule has 1 aliphatic rings.